The first-order valence-electron chi connectivity index (χ1n) is 4.01. The fourth-order valence-electron chi connectivity index (χ4n) is 1.30. The van der Waals surface area contributed by atoms with Crippen molar-refractivity contribution in [1.29, 1.82) is 0 Å². The number of carboxylic acid groups (broad SMARTS) is 1. The number of aliphatic hydroxyl groups excluding tert-OH is 2. The van der Waals surface area contributed by atoms with Crippen molar-refractivity contribution in [1.82, 2.24) is 0 Å². The SMILES string of the molecule is CO[C@H]1O[C@H](C(=O)O)[C@@H](N)[C@H](O)[C@H]1O. The van der Waals surface area contributed by atoms with Crippen molar-refractivity contribution in [3.8, 4) is 0 Å². The topological polar surface area (TPSA) is 122 Å². The Morgan fingerprint density at radius 1 is 1.43 bits per heavy atom. The van der Waals surface area contributed by atoms with Gasteiger partial charge < -0.3 is 30.5 Å². The summed E-state index contributed by atoms with van der Waals surface area (Å²) in [5.74, 6) is -1.30. The lowest BCUT2D eigenvalue weighted by molar-refractivity contribution is -0.263. The van der Waals surface area contributed by atoms with Gasteiger partial charge in [-0.15, -0.1) is 0 Å². The Morgan fingerprint density at radius 2 is 2.00 bits per heavy atom. The van der Waals surface area contributed by atoms with E-state index < -0.39 is 36.6 Å². The fraction of sp³-hybridized carbons (Fsp3) is 0.857. The summed E-state index contributed by atoms with van der Waals surface area (Å²) in [6.07, 6.45) is -5.27. The second-order valence-corrected chi connectivity index (χ2v) is 3.06. The normalized spacial score (nSPS) is 43.6. The highest BCUT2D eigenvalue weighted by Crippen LogP contribution is 2.20. The molecule has 0 radical (unpaired) electrons. The molecule has 7 nitrogen and oxygen atoms in total. The minimum absolute atomic E-state index is 1.17. The fourth-order valence-corrected chi connectivity index (χ4v) is 1.30. The zero-order valence-corrected chi connectivity index (χ0v) is 7.53. The van der Waals surface area contributed by atoms with Crippen LogP contribution in [-0.4, -0.2) is 59.0 Å². The summed E-state index contributed by atoms with van der Waals surface area (Å²) in [6.45, 7) is 0. The van der Waals surface area contributed by atoms with Crippen LogP contribution in [0.25, 0.3) is 0 Å². The Bertz CT molecular complexity index is 220. The van der Waals surface area contributed by atoms with Gasteiger partial charge in [0.15, 0.2) is 12.4 Å². The summed E-state index contributed by atoms with van der Waals surface area (Å²) >= 11 is 0. The van der Waals surface area contributed by atoms with Crippen molar-refractivity contribution < 1.29 is 29.6 Å². The van der Waals surface area contributed by atoms with Gasteiger partial charge in [-0.25, -0.2) is 4.79 Å². The number of hydrogen-bond donors (Lipinski definition) is 4. The van der Waals surface area contributed by atoms with Gasteiger partial charge in [0.25, 0.3) is 0 Å². The van der Waals surface area contributed by atoms with E-state index in [0.717, 1.165) is 0 Å². The lowest BCUT2D eigenvalue weighted by atomic mass is 9.97. The van der Waals surface area contributed by atoms with E-state index in [1.807, 2.05) is 0 Å². The highest BCUT2D eigenvalue weighted by atomic mass is 16.7. The molecule has 1 aliphatic rings. The van der Waals surface area contributed by atoms with Crippen molar-refractivity contribution in [2.75, 3.05) is 7.11 Å². The van der Waals surface area contributed by atoms with Crippen molar-refractivity contribution >= 4 is 5.97 Å². The number of methoxy groups -OCH3 is 1. The summed E-state index contributed by atoms with van der Waals surface area (Å²) in [6, 6.07) is -1.17. The highest BCUT2D eigenvalue weighted by Gasteiger charge is 2.45. The summed E-state index contributed by atoms with van der Waals surface area (Å²) in [5, 5.41) is 27.4. The van der Waals surface area contributed by atoms with E-state index in [4.69, 9.17) is 15.6 Å². The molecule has 1 fully saturated rings. The second kappa shape index (κ2) is 4.20. The average Bonchev–Trinajstić information content (AvgIpc) is 2.14. The molecule has 82 valence electrons. The minimum Gasteiger partial charge on any atom is -0.479 e. The summed E-state index contributed by atoms with van der Waals surface area (Å²) in [7, 11) is 1.23. The van der Waals surface area contributed by atoms with Crippen LogP contribution in [0, 0.1) is 0 Å². The third-order valence-corrected chi connectivity index (χ3v) is 2.13. The maximum atomic E-state index is 10.6. The molecule has 0 spiro atoms. The molecule has 1 heterocycles. The first kappa shape index (κ1) is 11.3. The lowest BCUT2D eigenvalue weighted by Crippen LogP contribution is -2.63. The molecule has 7 heteroatoms. The van der Waals surface area contributed by atoms with Crippen LogP contribution in [0.1, 0.15) is 0 Å². The van der Waals surface area contributed by atoms with Crippen molar-refractivity contribution in [3.05, 3.63) is 0 Å². The zero-order valence-electron chi connectivity index (χ0n) is 7.53. The average molecular weight is 207 g/mol. The Balaban J connectivity index is 2.78. The number of nitrogens with two attached hydrogens (primary N) is 1. The molecule has 0 aromatic rings. The molecule has 1 rings (SSSR count). The van der Waals surface area contributed by atoms with Crippen molar-refractivity contribution in [2.45, 2.75) is 30.6 Å². The predicted molar refractivity (Wildman–Crippen MR) is 43.3 cm³/mol. The molecule has 1 aliphatic heterocycles. The number of aliphatic hydroxyl groups is 2. The van der Waals surface area contributed by atoms with Crippen LogP contribution in [0.5, 0.6) is 0 Å². The maximum Gasteiger partial charge on any atom is 0.334 e. The van der Waals surface area contributed by atoms with Crippen LogP contribution in [0.15, 0.2) is 0 Å². The molecule has 0 unspecified atom stereocenters. The number of carbonyl (C=O) groups is 1. The molecule has 0 amide bonds. The molecule has 5 N–H and O–H groups in total. The van der Waals surface area contributed by atoms with E-state index in [-0.39, 0.29) is 0 Å². The Labute approximate surface area is 80.0 Å². The molecule has 0 aromatic heterocycles. The van der Waals surface area contributed by atoms with Gasteiger partial charge in [0.05, 0.1) is 6.04 Å². The number of aliphatic carboxylic acids is 1. The Hall–Kier alpha value is -0.730. The smallest absolute Gasteiger partial charge is 0.334 e. The zero-order chi connectivity index (χ0) is 10.9. The van der Waals surface area contributed by atoms with E-state index in [9.17, 15) is 15.0 Å². The van der Waals surface area contributed by atoms with Crippen LogP contribution < -0.4 is 5.73 Å². The molecule has 14 heavy (non-hydrogen) atoms. The second-order valence-electron chi connectivity index (χ2n) is 3.06. The Kier molecular flexibility index (Phi) is 3.40. The first-order valence-corrected chi connectivity index (χ1v) is 4.01. The van der Waals surface area contributed by atoms with Gasteiger partial charge in [0.1, 0.15) is 12.2 Å². The Morgan fingerprint density at radius 3 is 2.43 bits per heavy atom. The van der Waals surface area contributed by atoms with Gasteiger partial charge in [-0.2, -0.15) is 0 Å². The monoisotopic (exact) mass is 207 g/mol. The van der Waals surface area contributed by atoms with Gasteiger partial charge in [-0.1, -0.05) is 0 Å². The van der Waals surface area contributed by atoms with E-state index in [1.165, 1.54) is 7.11 Å². The van der Waals surface area contributed by atoms with Crippen molar-refractivity contribution in [2.24, 2.45) is 5.73 Å². The van der Waals surface area contributed by atoms with Gasteiger partial charge in [-0.05, 0) is 0 Å². The van der Waals surface area contributed by atoms with E-state index in [0.29, 0.717) is 0 Å². The lowest BCUT2D eigenvalue weighted by Gasteiger charge is -2.38. The summed E-state index contributed by atoms with van der Waals surface area (Å²) in [4.78, 5) is 10.6. The number of hydrogen-bond acceptors (Lipinski definition) is 6. The predicted octanol–water partition coefficient (Wildman–Crippen LogP) is -2.51. The van der Waals surface area contributed by atoms with Crippen LogP contribution >= 0.6 is 0 Å². The molecular formula is C7H13NO6. The van der Waals surface area contributed by atoms with Gasteiger partial charge in [0, 0.05) is 7.11 Å². The molecule has 0 aromatic carbocycles. The largest absolute Gasteiger partial charge is 0.479 e. The molecule has 0 bridgehead atoms. The van der Waals surface area contributed by atoms with Crippen LogP contribution in [0.4, 0.5) is 0 Å². The van der Waals surface area contributed by atoms with E-state index >= 15 is 0 Å². The third-order valence-electron chi connectivity index (χ3n) is 2.13. The third kappa shape index (κ3) is 1.86. The van der Waals surface area contributed by atoms with E-state index in [1.54, 1.807) is 0 Å². The molecular weight excluding hydrogens is 194 g/mol. The molecule has 5 atom stereocenters. The summed E-state index contributed by atoms with van der Waals surface area (Å²) in [5.41, 5.74) is 5.36. The van der Waals surface area contributed by atoms with Gasteiger partial charge in [-0.3, -0.25) is 0 Å². The van der Waals surface area contributed by atoms with Gasteiger partial charge >= 0.3 is 5.97 Å². The molecule has 0 saturated carbocycles. The highest BCUT2D eigenvalue weighted by molar-refractivity contribution is 5.73. The van der Waals surface area contributed by atoms with Crippen LogP contribution in [-0.2, 0) is 14.3 Å². The quantitative estimate of drug-likeness (QED) is 0.394. The standard InChI is InChI=1S/C7H13NO6/c1-13-7-4(10)3(9)2(8)5(14-7)6(11)12/h2-5,7,9-10H,8H2,1H3,(H,11,12)/t2-,3-,4+,5-,7-/m0/s1. The molecule has 0 aliphatic carbocycles. The van der Waals surface area contributed by atoms with Gasteiger partial charge in [0.2, 0.25) is 0 Å². The van der Waals surface area contributed by atoms with Crippen LogP contribution in [0.3, 0.4) is 0 Å². The maximum absolute atomic E-state index is 10.6. The van der Waals surface area contributed by atoms with E-state index in [2.05, 4.69) is 4.74 Å². The first-order chi connectivity index (χ1) is 6.49. The molecule has 1 saturated heterocycles. The summed E-state index contributed by atoms with van der Waals surface area (Å²) < 4.78 is 9.49. The minimum atomic E-state index is -1.38. The number of carboxylic acids is 1. The number of rotatable bonds is 2. The number of ether oxygens (including phenoxy) is 2. The van der Waals surface area contributed by atoms with Crippen molar-refractivity contribution in [3.63, 3.8) is 0 Å². The van der Waals surface area contributed by atoms with Crippen LogP contribution in [0.2, 0.25) is 0 Å².